The zero-order valence-electron chi connectivity index (χ0n) is 14.4. The van der Waals surface area contributed by atoms with E-state index < -0.39 is 0 Å². The van der Waals surface area contributed by atoms with E-state index in [2.05, 4.69) is 40.2 Å². The van der Waals surface area contributed by atoms with Crippen molar-refractivity contribution in [1.29, 1.82) is 0 Å². The van der Waals surface area contributed by atoms with Gasteiger partial charge in [0.2, 0.25) is 0 Å². The average Bonchev–Trinajstić information content (AvgIpc) is 2.63. The maximum absolute atomic E-state index is 12.4. The van der Waals surface area contributed by atoms with Crippen LogP contribution in [0.5, 0.6) is 0 Å². The monoisotopic (exact) mass is 331 g/mol. The van der Waals surface area contributed by atoms with Crippen molar-refractivity contribution in [2.45, 2.75) is 19.9 Å². The van der Waals surface area contributed by atoms with Gasteiger partial charge < -0.3 is 0 Å². The number of nitrogens with zero attached hydrogens (tertiary/aromatic N) is 3. The van der Waals surface area contributed by atoms with Gasteiger partial charge in [0, 0.05) is 31.4 Å². The molecule has 1 aliphatic rings. The molecule has 0 bridgehead atoms. The molecular formula is C21H21N3O. The second-order valence-corrected chi connectivity index (χ2v) is 6.53. The maximum Gasteiger partial charge on any atom is 0.258 e. The number of aryl methyl sites for hydroxylation is 1. The number of pyridine rings is 1. The van der Waals surface area contributed by atoms with E-state index in [1.54, 1.807) is 10.5 Å². The van der Waals surface area contributed by atoms with E-state index in [1.165, 1.54) is 11.1 Å². The zero-order chi connectivity index (χ0) is 17.2. The molecular weight excluding hydrogens is 310 g/mol. The van der Waals surface area contributed by atoms with Crippen molar-refractivity contribution >= 4 is 11.2 Å². The van der Waals surface area contributed by atoms with E-state index in [4.69, 9.17) is 0 Å². The van der Waals surface area contributed by atoms with Crippen molar-refractivity contribution < 1.29 is 0 Å². The van der Waals surface area contributed by atoms with Crippen LogP contribution in [0.4, 0.5) is 0 Å². The largest absolute Gasteiger partial charge is 0.294 e. The first kappa shape index (κ1) is 15.8. The molecule has 0 radical (unpaired) electrons. The predicted molar refractivity (Wildman–Crippen MR) is 101 cm³/mol. The molecule has 4 rings (SSSR count). The summed E-state index contributed by atoms with van der Waals surface area (Å²) < 4.78 is 1.66. The van der Waals surface area contributed by atoms with Crippen molar-refractivity contribution in [3.63, 3.8) is 0 Å². The Bertz CT molecular complexity index is 989. The van der Waals surface area contributed by atoms with Gasteiger partial charge in [-0.3, -0.25) is 14.1 Å². The van der Waals surface area contributed by atoms with Gasteiger partial charge in [0.1, 0.15) is 5.65 Å². The van der Waals surface area contributed by atoms with Gasteiger partial charge in [-0.15, -0.1) is 0 Å². The summed E-state index contributed by atoms with van der Waals surface area (Å²) in [6, 6.07) is 18.0. The molecule has 0 atom stereocenters. The second kappa shape index (κ2) is 6.65. The molecule has 0 amide bonds. The smallest absolute Gasteiger partial charge is 0.258 e. The number of hydrogen-bond donors (Lipinski definition) is 0. The standard InChI is InChI=1S/C21H21N3O/c1-16-6-5-9-20-22-19(14-21(25)24(16)20)15-23-12-10-18(11-13-23)17-7-3-2-4-8-17/h2-10,14H,11-13,15H2,1H3. The van der Waals surface area contributed by atoms with Gasteiger partial charge in [-0.25, -0.2) is 4.98 Å². The first-order valence-electron chi connectivity index (χ1n) is 8.66. The molecule has 0 aliphatic carbocycles. The third kappa shape index (κ3) is 3.26. The van der Waals surface area contributed by atoms with Gasteiger partial charge in [-0.2, -0.15) is 0 Å². The van der Waals surface area contributed by atoms with Crippen LogP contribution in [-0.4, -0.2) is 27.4 Å². The highest BCUT2D eigenvalue weighted by atomic mass is 16.1. The Morgan fingerprint density at radius 1 is 1.08 bits per heavy atom. The quantitative estimate of drug-likeness (QED) is 0.739. The summed E-state index contributed by atoms with van der Waals surface area (Å²) in [5.41, 5.74) is 5.18. The Hall–Kier alpha value is -2.72. The van der Waals surface area contributed by atoms with Crippen LogP contribution in [0.25, 0.3) is 11.2 Å². The van der Waals surface area contributed by atoms with E-state index in [-0.39, 0.29) is 5.56 Å². The van der Waals surface area contributed by atoms with E-state index in [9.17, 15) is 4.79 Å². The van der Waals surface area contributed by atoms with Gasteiger partial charge in [0.25, 0.3) is 5.56 Å². The van der Waals surface area contributed by atoms with Crippen molar-refractivity contribution in [3.8, 4) is 0 Å². The molecule has 0 fully saturated rings. The molecule has 0 saturated carbocycles. The lowest BCUT2D eigenvalue weighted by molar-refractivity contribution is 0.290. The summed E-state index contributed by atoms with van der Waals surface area (Å²) in [5, 5.41) is 0. The summed E-state index contributed by atoms with van der Waals surface area (Å²) in [4.78, 5) is 19.4. The Balaban J connectivity index is 1.53. The van der Waals surface area contributed by atoms with E-state index in [1.807, 2.05) is 31.2 Å². The molecule has 1 aromatic carbocycles. The highest BCUT2D eigenvalue weighted by molar-refractivity contribution is 5.66. The van der Waals surface area contributed by atoms with Gasteiger partial charge in [0.05, 0.1) is 5.69 Å². The average molecular weight is 331 g/mol. The molecule has 4 nitrogen and oxygen atoms in total. The normalized spacial score (nSPS) is 15.3. The topological polar surface area (TPSA) is 37.6 Å². The Morgan fingerprint density at radius 2 is 1.92 bits per heavy atom. The summed E-state index contributed by atoms with van der Waals surface area (Å²) in [5.74, 6) is 0. The number of fused-ring (bicyclic) bond motifs is 1. The van der Waals surface area contributed by atoms with Crippen LogP contribution in [0, 0.1) is 6.92 Å². The second-order valence-electron chi connectivity index (χ2n) is 6.53. The van der Waals surface area contributed by atoms with Crippen LogP contribution in [-0.2, 0) is 6.54 Å². The number of hydrogen-bond acceptors (Lipinski definition) is 3. The summed E-state index contributed by atoms with van der Waals surface area (Å²) in [7, 11) is 0. The van der Waals surface area contributed by atoms with Crippen molar-refractivity contribution in [3.05, 3.63) is 88.0 Å². The lowest BCUT2D eigenvalue weighted by Crippen LogP contribution is -2.29. The maximum atomic E-state index is 12.4. The minimum Gasteiger partial charge on any atom is -0.294 e. The van der Waals surface area contributed by atoms with Crippen LogP contribution < -0.4 is 5.56 Å². The highest BCUT2D eigenvalue weighted by Gasteiger charge is 2.14. The van der Waals surface area contributed by atoms with Crippen molar-refractivity contribution in [2.75, 3.05) is 13.1 Å². The third-order valence-corrected chi connectivity index (χ3v) is 4.76. The number of aromatic nitrogens is 2. The van der Waals surface area contributed by atoms with E-state index in [0.717, 1.165) is 36.5 Å². The first-order chi connectivity index (χ1) is 12.2. The molecule has 126 valence electrons. The summed E-state index contributed by atoms with van der Waals surface area (Å²) in [6.07, 6.45) is 3.31. The summed E-state index contributed by atoms with van der Waals surface area (Å²) in [6.45, 7) is 4.50. The number of benzene rings is 1. The Kier molecular flexibility index (Phi) is 4.20. The molecule has 0 unspecified atom stereocenters. The molecule has 25 heavy (non-hydrogen) atoms. The SMILES string of the molecule is Cc1cccc2nc(CN3CC=C(c4ccccc4)CC3)cc(=O)n12. The molecule has 1 aliphatic heterocycles. The first-order valence-corrected chi connectivity index (χ1v) is 8.66. The van der Waals surface area contributed by atoms with Gasteiger partial charge in [-0.1, -0.05) is 42.5 Å². The fourth-order valence-electron chi connectivity index (χ4n) is 3.44. The minimum absolute atomic E-state index is 0.00405. The lowest BCUT2D eigenvalue weighted by Gasteiger charge is -2.26. The van der Waals surface area contributed by atoms with Crippen LogP contribution in [0.3, 0.4) is 0 Å². The Morgan fingerprint density at radius 3 is 2.68 bits per heavy atom. The summed E-state index contributed by atoms with van der Waals surface area (Å²) >= 11 is 0. The molecule has 0 saturated heterocycles. The zero-order valence-corrected chi connectivity index (χ0v) is 14.4. The molecule has 4 heteroatoms. The molecule has 2 aromatic heterocycles. The van der Waals surface area contributed by atoms with Crippen LogP contribution >= 0.6 is 0 Å². The molecule has 3 aromatic rings. The molecule has 0 spiro atoms. The number of rotatable bonds is 3. The van der Waals surface area contributed by atoms with Crippen LogP contribution in [0.2, 0.25) is 0 Å². The van der Waals surface area contributed by atoms with Gasteiger partial charge in [-0.05, 0) is 36.6 Å². The minimum atomic E-state index is -0.00405. The lowest BCUT2D eigenvalue weighted by atomic mass is 9.99. The molecule has 3 heterocycles. The molecule has 0 N–H and O–H groups in total. The van der Waals surface area contributed by atoms with E-state index in [0.29, 0.717) is 6.54 Å². The fraction of sp³-hybridized carbons (Fsp3) is 0.238. The van der Waals surface area contributed by atoms with Gasteiger partial charge in [0.15, 0.2) is 0 Å². The van der Waals surface area contributed by atoms with Crippen molar-refractivity contribution in [2.24, 2.45) is 0 Å². The van der Waals surface area contributed by atoms with Gasteiger partial charge >= 0.3 is 0 Å². The van der Waals surface area contributed by atoms with Crippen molar-refractivity contribution in [1.82, 2.24) is 14.3 Å². The van der Waals surface area contributed by atoms with E-state index >= 15 is 0 Å². The highest BCUT2D eigenvalue weighted by Crippen LogP contribution is 2.22. The van der Waals surface area contributed by atoms with Crippen LogP contribution in [0.1, 0.15) is 23.4 Å². The third-order valence-electron chi connectivity index (χ3n) is 4.76. The fourth-order valence-corrected chi connectivity index (χ4v) is 3.44. The Labute approximate surface area is 147 Å². The van der Waals surface area contributed by atoms with Crippen LogP contribution in [0.15, 0.2) is 65.5 Å². The predicted octanol–water partition coefficient (Wildman–Crippen LogP) is 3.29.